The van der Waals surface area contributed by atoms with Crippen LogP contribution in [0.15, 0.2) is 48.8 Å². The molecule has 0 saturated heterocycles. The van der Waals surface area contributed by atoms with Gasteiger partial charge in [-0.2, -0.15) is 0 Å². The van der Waals surface area contributed by atoms with Crippen molar-refractivity contribution in [2.45, 2.75) is 13.8 Å². The molecule has 1 aromatic carbocycles. The number of rotatable bonds is 5. The number of nitrogens with zero attached hydrogens (tertiary/aromatic N) is 3. The zero-order valence-electron chi connectivity index (χ0n) is 14.3. The molecule has 0 aliphatic rings. The molecule has 0 amide bonds. The Morgan fingerprint density at radius 3 is 2.44 bits per heavy atom. The minimum Gasteiger partial charge on any atom is -0.508 e. The lowest BCUT2D eigenvalue weighted by Gasteiger charge is -2.08. The quantitative estimate of drug-likeness (QED) is 0.721. The Kier molecular flexibility index (Phi) is 4.52. The third-order valence-corrected chi connectivity index (χ3v) is 3.81. The number of Topliss-reactive ketones (excluding diaryl/α,β-unsaturated/α-hetero) is 1. The van der Waals surface area contributed by atoms with E-state index in [9.17, 15) is 9.90 Å². The van der Waals surface area contributed by atoms with Gasteiger partial charge in [0.15, 0.2) is 5.78 Å². The molecule has 128 valence electrons. The van der Waals surface area contributed by atoms with Gasteiger partial charge in [-0.3, -0.25) is 9.36 Å². The van der Waals surface area contributed by atoms with Crippen LogP contribution in [0.2, 0.25) is 0 Å². The van der Waals surface area contributed by atoms with Gasteiger partial charge in [0.05, 0.1) is 7.11 Å². The number of aromatic nitrogens is 3. The summed E-state index contributed by atoms with van der Waals surface area (Å²) in [5.74, 6) is 1.11. The Morgan fingerprint density at radius 2 is 1.88 bits per heavy atom. The molecule has 6 nitrogen and oxygen atoms in total. The lowest BCUT2D eigenvalue weighted by molar-refractivity contribution is 0.0935. The first-order chi connectivity index (χ1) is 12.0. The van der Waals surface area contributed by atoms with Crippen molar-refractivity contribution in [2.75, 3.05) is 7.11 Å². The zero-order valence-corrected chi connectivity index (χ0v) is 14.3. The van der Waals surface area contributed by atoms with Gasteiger partial charge in [-0.15, -0.1) is 0 Å². The number of ketones is 1. The van der Waals surface area contributed by atoms with Crippen molar-refractivity contribution < 1.29 is 14.6 Å². The molecule has 1 N–H and O–H groups in total. The molecule has 25 heavy (non-hydrogen) atoms. The normalized spacial score (nSPS) is 10.9. The molecule has 0 saturated carbocycles. The first-order valence-corrected chi connectivity index (χ1v) is 7.93. The Hall–Kier alpha value is -3.15. The molecule has 0 radical (unpaired) electrons. The smallest absolute Gasteiger partial charge is 0.212 e. The standard InChI is InChI=1S/C19H19N3O3/c1-12(2)18(24)16-11-22(14-5-7-15(23)8-6-14)19(21-16)13-4-9-17(25-3)20-10-13/h4-12,23H,1-3H3. The van der Waals surface area contributed by atoms with Crippen LogP contribution in [0.3, 0.4) is 0 Å². The predicted octanol–water partition coefficient (Wildman–Crippen LogP) is 3.49. The number of hydrogen-bond acceptors (Lipinski definition) is 5. The van der Waals surface area contributed by atoms with Gasteiger partial charge in [0.25, 0.3) is 0 Å². The van der Waals surface area contributed by atoms with E-state index in [0.717, 1.165) is 11.3 Å². The monoisotopic (exact) mass is 337 g/mol. The van der Waals surface area contributed by atoms with Crippen LogP contribution in [0.25, 0.3) is 17.1 Å². The fourth-order valence-electron chi connectivity index (χ4n) is 2.44. The number of benzene rings is 1. The van der Waals surface area contributed by atoms with Crippen LogP contribution in [-0.4, -0.2) is 32.5 Å². The summed E-state index contributed by atoms with van der Waals surface area (Å²) < 4.78 is 6.91. The SMILES string of the molecule is COc1ccc(-c2nc(C(=O)C(C)C)cn2-c2ccc(O)cc2)cn1. The number of aromatic hydroxyl groups is 1. The summed E-state index contributed by atoms with van der Waals surface area (Å²) in [5, 5.41) is 9.51. The number of imidazole rings is 1. The van der Waals surface area contributed by atoms with Gasteiger partial charge in [-0.05, 0) is 30.3 Å². The van der Waals surface area contributed by atoms with E-state index in [2.05, 4.69) is 9.97 Å². The van der Waals surface area contributed by atoms with Crippen LogP contribution in [-0.2, 0) is 0 Å². The van der Waals surface area contributed by atoms with E-state index in [1.165, 1.54) is 0 Å². The molecule has 0 bridgehead atoms. The number of hydrogen-bond donors (Lipinski definition) is 1. The minimum atomic E-state index is -0.148. The van der Waals surface area contributed by atoms with Crippen LogP contribution in [0, 0.1) is 5.92 Å². The highest BCUT2D eigenvalue weighted by atomic mass is 16.5. The number of pyridine rings is 1. The van der Waals surface area contributed by atoms with Gasteiger partial charge in [0.1, 0.15) is 17.3 Å². The highest BCUT2D eigenvalue weighted by Gasteiger charge is 2.19. The maximum atomic E-state index is 12.4. The Labute approximate surface area is 145 Å². The second-order valence-corrected chi connectivity index (χ2v) is 5.94. The van der Waals surface area contributed by atoms with Crippen LogP contribution in [0.4, 0.5) is 0 Å². The molecular weight excluding hydrogens is 318 g/mol. The molecule has 2 heterocycles. The van der Waals surface area contributed by atoms with Crippen LogP contribution >= 0.6 is 0 Å². The van der Waals surface area contributed by atoms with Crippen molar-refractivity contribution in [2.24, 2.45) is 5.92 Å². The number of methoxy groups -OCH3 is 1. The lowest BCUT2D eigenvalue weighted by atomic mass is 10.1. The molecule has 0 atom stereocenters. The van der Waals surface area contributed by atoms with Gasteiger partial charge in [-0.25, -0.2) is 9.97 Å². The zero-order chi connectivity index (χ0) is 18.0. The highest BCUT2D eigenvalue weighted by molar-refractivity contribution is 5.96. The minimum absolute atomic E-state index is 0.0275. The van der Waals surface area contributed by atoms with E-state index in [-0.39, 0.29) is 17.5 Å². The Bertz CT molecular complexity index is 881. The fraction of sp³-hybridized carbons (Fsp3) is 0.211. The van der Waals surface area contributed by atoms with E-state index in [4.69, 9.17) is 4.74 Å². The van der Waals surface area contributed by atoms with Gasteiger partial charge in [0.2, 0.25) is 5.88 Å². The lowest BCUT2D eigenvalue weighted by Crippen LogP contribution is -2.07. The molecular formula is C19H19N3O3. The first-order valence-electron chi connectivity index (χ1n) is 7.93. The average Bonchev–Trinajstić information content (AvgIpc) is 3.07. The molecule has 3 aromatic rings. The Morgan fingerprint density at radius 1 is 1.16 bits per heavy atom. The molecule has 6 heteroatoms. The number of ether oxygens (including phenoxy) is 1. The largest absolute Gasteiger partial charge is 0.508 e. The molecule has 0 spiro atoms. The van der Waals surface area contributed by atoms with Gasteiger partial charge >= 0.3 is 0 Å². The number of phenols is 1. The summed E-state index contributed by atoms with van der Waals surface area (Å²) in [7, 11) is 1.55. The molecule has 0 fully saturated rings. The van der Waals surface area contributed by atoms with Crippen molar-refractivity contribution in [3.8, 4) is 28.7 Å². The van der Waals surface area contributed by atoms with Crippen LogP contribution < -0.4 is 4.74 Å². The van der Waals surface area contributed by atoms with Crippen molar-refractivity contribution >= 4 is 5.78 Å². The highest BCUT2D eigenvalue weighted by Crippen LogP contribution is 2.25. The summed E-state index contributed by atoms with van der Waals surface area (Å²) >= 11 is 0. The van der Waals surface area contributed by atoms with Crippen molar-refractivity contribution in [3.63, 3.8) is 0 Å². The fourth-order valence-corrected chi connectivity index (χ4v) is 2.44. The third kappa shape index (κ3) is 3.38. The van der Waals surface area contributed by atoms with E-state index >= 15 is 0 Å². The first kappa shape index (κ1) is 16.7. The number of carbonyl (C=O) groups excluding carboxylic acids is 1. The van der Waals surface area contributed by atoms with E-state index < -0.39 is 0 Å². The Balaban J connectivity index is 2.13. The maximum Gasteiger partial charge on any atom is 0.212 e. The molecule has 3 rings (SSSR count). The second kappa shape index (κ2) is 6.76. The van der Waals surface area contributed by atoms with Crippen molar-refractivity contribution in [3.05, 3.63) is 54.5 Å². The van der Waals surface area contributed by atoms with Crippen molar-refractivity contribution in [1.82, 2.24) is 14.5 Å². The second-order valence-electron chi connectivity index (χ2n) is 5.94. The summed E-state index contributed by atoms with van der Waals surface area (Å²) in [6.07, 6.45) is 3.37. The maximum absolute atomic E-state index is 12.4. The van der Waals surface area contributed by atoms with Crippen LogP contribution in [0.1, 0.15) is 24.3 Å². The summed E-state index contributed by atoms with van der Waals surface area (Å²) in [4.78, 5) is 21.1. The summed E-state index contributed by atoms with van der Waals surface area (Å²) in [5.41, 5.74) is 1.95. The predicted molar refractivity (Wildman–Crippen MR) is 94.2 cm³/mol. The van der Waals surface area contributed by atoms with Gasteiger partial charge in [-0.1, -0.05) is 13.8 Å². The van der Waals surface area contributed by atoms with E-state index in [1.807, 2.05) is 24.5 Å². The third-order valence-electron chi connectivity index (χ3n) is 3.81. The van der Waals surface area contributed by atoms with Crippen molar-refractivity contribution in [1.29, 1.82) is 0 Å². The number of carbonyl (C=O) groups is 1. The molecule has 2 aromatic heterocycles. The van der Waals surface area contributed by atoms with E-state index in [0.29, 0.717) is 17.4 Å². The summed E-state index contributed by atoms with van der Waals surface area (Å²) in [6.45, 7) is 3.69. The molecule has 0 unspecified atom stereocenters. The topological polar surface area (TPSA) is 77.2 Å². The molecule has 0 aliphatic heterocycles. The summed E-state index contributed by atoms with van der Waals surface area (Å²) in [6, 6.07) is 10.3. The molecule has 0 aliphatic carbocycles. The van der Waals surface area contributed by atoms with Gasteiger partial charge < -0.3 is 9.84 Å². The average molecular weight is 337 g/mol. The van der Waals surface area contributed by atoms with Gasteiger partial charge in [0, 0.05) is 35.6 Å². The number of phenolic OH excluding ortho intramolecular Hbond substituents is 1. The van der Waals surface area contributed by atoms with E-state index in [1.54, 1.807) is 49.8 Å². The van der Waals surface area contributed by atoms with Crippen LogP contribution in [0.5, 0.6) is 11.6 Å².